The van der Waals surface area contributed by atoms with E-state index in [2.05, 4.69) is 9.64 Å². The SMILES string of the molecule is COC(=O)c1ccc(C(=O)N(C)[C@H]2CCCN(Cc3ccccc3F)C2)cc1. The van der Waals surface area contributed by atoms with Crippen molar-refractivity contribution < 1.29 is 18.7 Å². The summed E-state index contributed by atoms with van der Waals surface area (Å²) < 4.78 is 18.6. The molecule has 28 heavy (non-hydrogen) atoms. The molecular formula is C22H25FN2O3. The van der Waals surface area contributed by atoms with E-state index in [1.54, 1.807) is 48.3 Å². The van der Waals surface area contributed by atoms with Crippen LogP contribution in [0.25, 0.3) is 0 Å². The fourth-order valence-corrected chi connectivity index (χ4v) is 3.59. The number of ether oxygens (including phenoxy) is 1. The van der Waals surface area contributed by atoms with E-state index in [1.807, 2.05) is 6.07 Å². The lowest BCUT2D eigenvalue weighted by atomic mass is 10.0. The fraction of sp³-hybridized carbons (Fsp3) is 0.364. The normalized spacial score (nSPS) is 17.2. The van der Waals surface area contributed by atoms with Crippen molar-refractivity contribution in [2.45, 2.75) is 25.4 Å². The zero-order valence-corrected chi connectivity index (χ0v) is 16.2. The van der Waals surface area contributed by atoms with E-state index >= 15 is 0 Å². The lowest BCUT2D eigenvalue weighted by Crippen LogP contribution is -2.48. The molecule has 0 saturated carbocycles. The Bertz CT molecular complexity index is 838. The van der Waals surface area contributed by atoms with Crippen molar-refractivity contribution in [3.8, 4) is 0 Å². The molecule has 0 radical (unpaired) electrons. The maximum atomic E-state index is 13.9. The van der Waals surface area contributed by atoms with Gasteiger partial charge in [0.1, 0.15) is 5.82 Å². The first kappa shape index (κ1) is 20.0. The minimum Gasteiger partial charge on any atom is -0.465 e. The lowest BCUT2D eigenvalue weighted by Gasteiger charge is -2.37. The van der Waals surface area contributed by atoms with Gasteiger partial charge in [-0.15, -0.1) is 0 Å². The number of hydrogen-bond acceptors (Lipinski definition) is 4. The highest BCUT2D eigenvalue weighted by atomic mass is 19.1. The summed E-state index contributed by atoms with van der Waals surface area (Å²) >= 11 is 0. The van der Waals surface area contributed by atoms with Crippen molar-refractivity contribution in [2.24, 2.45) is 0 Å². The summed E-state index contributed by atoms with van der Waals surface area (Å²) in [6, 6.07) is 13.4. The van der Waals surface area contributed by atoms with Crippen LogP contribution in [0.2, 0.25) is 0 Å². The van der Waals surface area contributed by atoms with Crippen LogP contribution in [0.15, 0.2) is 48.5 Å². The van der Waals surface area contributed by atoms with Gasteiger partial charge in [-0.3, -0.25) is 9.69 Å². The number of hydrogen-bond donors (Lipinski definition) is 0. The first-order valence-corrected chi connectivity index (χ1v) is 9.41. The number of carbonyl (C=O) groups is 2. The molecule has 0 spiro atoms. The smallest absolute Gasteiger partial charge is 0.337 e. The van der Waals surface area contributed by atoms with Crippen molar-refractivity contribution in [2.75, 3.05) is 27.2 Å². The Hall–Kier alpha value is -2.73. The monoisotopic (exact) mass is 384 g/mol. The average molecular weight is 384 g/mol. The van der Waals surface area contributed by atoms with Crippen molar-refractivity contribution in [1.29, 1.82) is 0 Å². The van der Waals surface area contributed by atoms with Crippen LogP contribution in [0.5, 0.6) is 0 Å². The van der Waals surface area contributed by atoms with E-state index in [0.717, 1.165) is 19.4 Å². The minimum atomic E-state index is -0.427. The molecule has 2 aromatic carbocycles. The highest BCUT2D eigenvalue weighted by Crippen LogP contribution is 2.20. The minimum absolute atomic E-state index is 0.0632. The summed E-state index contributed by atoms with van der Waals surface area (Å²) in [5.74, 6) is -0.711. The number of likely N-dealkylation sites (N-methyl/N-ethyl adjacent to an activating group) is 1. The number of methoxy groups -OCH3 is 1. The molecule has 1 aliphatic rings. The second-order valence-electron chi connectivity index (χ2n) is 7.11. The highest BCUT2D eigenvalue weighted by Gasteiger charge is 2.27. The number of amides is 1. The van der Waals surface area contributed by atoms with Crippen molar-refractivity contribution in [3.05, 3.63) is 71.0 Å². The van der Waals surface area contributed by atoms with E-state index in [1.165, 1.54) is 13.2 Å². The molecule has 1 heterocycles. The van der Waals surface area contributed by atoms with Gasteiger partial charge >= 0.3 is 5.97 Å². The Morgan fingerprint density at radius 1 is 1.14 bits per heavy atom. The number of rotatable bonds is 5. The number of piperidine rings is 1. The Balaban J connectivity index is 1.64. The molecule has 1 saturated heterocycles. The van der Waals surface area contributed by atoms with Gasteiger partial charge in [-0.25, -0.2) is 9.18 Å². The molecule has 1 atom stereocenters. The predicted octanol–water partition coefficient (Wildman–Crippen LogP) is 3.35. The third kappa shape index (κ3) is 4.57. The molecule has 3 rings (SSSR count). The van der Waals surface area contributed by atoms with Gasteiger partial charge < -0.3 is 9.64 Å². The number of halogens is 1. The zero-order valence-electron chi connectivity index (χ0n) is 16.2. The van der Waals surface area contributed by atoms with Gasteiger partial charge in [0.15, 0.2) is 0 Å². The Morgan fingerprint density at radius 3 is 2.50 bits per heavy atom. The molecule has 0 aliphatic carbocycles. The van der Waals surface area contributed by atoms with Gasteiger partial charge in [0.2, 0.25) is 0 Å². The third-order valence-electron chi connectivity index (χ3n) is 5.25. The highest BCUT2D eigenvalue weighted by molar-refractivity contribution is 5.96. The number of nitrogens with zero attached hydrogens (tertiary/aromatic N) is 2. The largest absolute Gasteiger partial charge is 0.465 e. The number of likely N-dealkylation sites (tertiary alicyclic amines) is 1. The van der Waals surface area contributed by atoms with Crippen molar-refractivity contribution in [3.63, 3.8) is 0 Å². The quantitative estimate of drug-likeness (QED) is 0.742. The van der Waals surface area contributed by atoms with Crippen LogP contribution >= 0.6 is 0 Å². The van der Waals surface area contributed by atoms with Crippen LogP contribution in [-0.2, 0) is 11.3 Å². The molecule has 0 bridgehead atoms. The maximum Gasteiger partial charge on any atom is 0.337 e. The van der Waals surface area contributed by atoms with Crippen LogP contribution < -0.4 is 0 Å². The molecule has 0 unspecified atom stereocenters. The van der Waals surface area contributed by atoms with Gasteiger partial charge in [0.25, 0.3) is 5.91 Å². The number of benzene rings is 2. The van der Waals surface area contributed by atoms with Gasteiger partial charge in [-0.2, -0.15) is 0 Å². The maximum absolute atomic E-state index is 13.9. The summed E-state index contributed by atoms with van der Waals surface area (Å²) in [7, 11) is 3.12. The van der Waals surface area contributed by atoms with Crippen LogP contribution in [0, 0.1) is 5.82 Å². The standard InChI is InChI=1S/C22H25FN2O3/c1-24(21(26)16-9-11-17(12-10-16)22(27)28-2)19-7-5-13-25(15-19)14-18-6-3-4-8-20(18)23/h3-4,6,8-12,19H,5,7,13-15H2,1-2H3/t19-/m0/s1. The van der Waals surface area contributed by atoms with E-state index in [-0.39, 0.29) is 17.8 Å². The number of carbonyl (C=O) groups excluding carboxylic acids is 2. The van der Waals surface area contributed by atoms with Crippen molar-refractivity contribution in [1.82, 2.24) is 9.80 Å². The van der Waals surface area contributed by atoms with Crippen molar-refractivity contribution >= 4 is 11.9 Å². The molecule has 0 N–H and O–H groups in total. The van der Waals surface area contributed by atoms with Gasteiger partial charge in [-0.1, -0.05) is 18.2 Å². The second-order valence-corrected chi connectivity index (χ2v) is 7.11. The van der Waals surface area contributed by atoms with Crippen LogP contribution in [-0.4, -0.2) is 55.0 Å². The lowest BCUT2D eigenvalue weighted by molar-refractivity contribution is 0.0591. The predicted molar refractivity (Wildman–Crippen MR) is 105 cm³/mol. The molecule has 148 valence electrons. The molecule has 1 amide bonds. The van der Waals surface area contributed by atoms with Gasteiger partial charge in [-0.05, 0) is 49.7 Å². The van der Waals surface area contributed by atoms with Gasteiger partial charge in [0.05, 0.1) is 12.7 Å². The molecule has 1 fully saturated rings. The van der Waals surface area contributed by atoms with Crippen LogP contribution in [0.4, 0.5) is 4.39 Å². The zero-order chi connectivity index (χ0) is 20.1. The molecule has 0 aromatic heterocycles. The fourth-order valence-electron chi connectivity index (χ4n) is 3.59. The summed E-state index contributed by atoms with van der Waals surface area (Å²) in [6.45, 7) is 2.14. The number of esters is 1. The first-order valence-electron chi connectivity index (χ1n) is 9.41. The van der Waals surface area contributed by atoms with E-state index in [0.29, 0.717) is 29.8 Å². The summed E-state index contributed by atoms with van der Waals surface area (Å²) in [4.78, 5) is 28.3. The topological polar surface area (TPSA) is 49.9 Å². The Kier molecular flexibility index (Phi) is 6.41. The van der Waals surface area contributed by atoms with E-state index in [4.69, 9.17) is 0 Å². The third-order valence-corrected chi connectivity index (χ3v) is 5.25. The van der Waals surface area contributed by atoms with Gasteiger partial charge in [0, 0.05) is 37.3 Å². The Morgan fingerprint density at radius 2 is 1.82 bits per heavy atom. The molecular weight excluding hydrogens is 359 g/mol. The molecule has 5 nitrogen and oxygen atoms in total. The summed E-state index contributed by atoms with van der Waals surface area (Å²) in [6.07, 6.45) is 1.87. The van der Waals surface area contributed by atoms with Crippen LogP contribution in [0.1, 0.15) is 39.1 Å². The van der Waals surface area contributed by atoms with E-state index in [9.17, 15) is 14.0 Å². The second kappa shape index (κ2) is 8.97. The molecule has 2 aromatic rings. The first-order chi connectivity index (χ1) is 13.5. The summed E-state index contributed by atoms with van der Waals surface area (Å²) in [5, 5.41) is 0. The Labute approximate surface area is 164 Å². The van der Waals surface area contributed by atoms with E-state index < -0.39 is 5.97 Å². The average Bonchev–Trinajstić information content (AvgIpc) is 2.74. The molecule has 1 aliphatic heterocycles. The van der Waals surface area contributed by atoms with Crippen LogP contribution in [0.3, 0.4) is 0 Å². The molecule has 6 heteroatoms. The summed E-state index contributed by atoms with van der Waals surface area (Å²) in [5.41, 5.74) is 1.62.